The van der Waals surface area contributed by atoms with Crippen molar-refractivity contribution >= 4 is 11.7 Å². The number of carbonyl (C=O) groups excluding carboxylic acids is 1. The fourth-order valence-electron chi connectivity index (χ4n) is 2.87. The summed E-state index contributed by atoms with van der Waals surface area (Å²) in [7, 11) is 0. The van der Waals surface area contributed by atoms with E-state index in [1.54, 1.807) is 4.90 Å². The Morgan fingerprint density at radius 2 is 1.57 bits per heavy atom. The molecule has 2 aromatic carbocycles. The molecule has 1 aliphatic heterocycles. The van der Waals surface area contributed by atoms with Crippen LogP contribution in [0.4, 0.5) is 10.5 Å². The van der Waals surface area contributed by atoms with Crippen molar-refractivity contribution in [3.8, 4) is 0 Å². The second kappa shape index (κ2) is 5.87. The van der Waals surface area contributed by atoms with Crippen LogP contribution in [0.1, 0.15) is 11.6 Å². The third-order valence-corrected chi connectivity index (χ3v) is 3.96. The quantitative estimate of drug-likeness (QED) is 0.920. The molecule has 1 fully saturated rings. The molecule has 1 unspecified atom stereocenters. The Kier molecular flexibility index (Phi) is 3.77. The average Bonchev–Trinajstić information content (AvgIpc) is 2.56. The molecular formula is C17H19N3O. The molecular weight excluding hydrogens is 262 g/mol. The van der Waals surface area contributed by atoms with Crippen LogP contribution in [0.5, 0.6) is 0 Å². The van der Waals surface area contributed by atoms with Crippen LogP contribution in [-0.2, 0) is 0 Å². The molecule has 108 valence electrons. The third kappa shape index (κ3) is 2.84. The minimum absolute atomic E-state index is 0.134. The zero-order chi connectivity index (χ0) is 14.7. The minimum Gasteiger partial charge on any atom is -0.361 e. The first-order chi connectivity index (χ1) is 10.3. The van der Waals surface area contributed by atoms with Crippen molar-refractivity contribution in [3.05, 3.63) is 66.2 Å². The van der Waals surface area contributed by atoms with Gasteiger partial charge in [0.1, 0.15) is 0 Å². The number of carbonyl (C=O) groups is 1. The number of rotatable bonds is 2. The molecule has 4 nitrogen and oxygen atoms in total. The fourth-order valence-corrected chi connectivity index (χ4v) is 2.87. The molecule has 3 rings (SSSR count). The smallest absolute Gasteiger partial charge is 0.314 e. The second-order valence-electron chi connectivity index (χ2n) is 5.24. The number of hydrogen-bond acceptors (Lipinski definition) is 2. The Bertz CT molecular complexity index is 600. The van der Waals surface area contributed by atoms with Gasteiger partial charge >= 0.3 is 6.03 Å². The maximum absolute atomic E-state index is 11.5. The molecule has 1 aliphatic rings. The predicted octanol–water partition coefficient (Wildman–Crippen LogP) is 2.63. The summed E-state index contributed by atoms with van der Waals surface area (Å²) in [5.41, 5.74) is 7.84. The van der Waals surface area contributed by atoms with Crippen LogP contribution in [0.15, 0.2) is 60.7 Å². The lowest BCUT2D eigenvalue weighted by atomic mass is 10.0. The molecule has 1 atom stereocenters. The van der Waals surface area contributed by atoms with Gasteiger partial charge in [-0.15, -0.1) is 0 Å². The normalized spacial score (nSPS) is 18.6. The third-order valence-electron chi connectivity index (χ3n) is 3.96. The molecule has 1 heterocycles. The van der Waals surface area contributed by atoms with Gasteiger partial charge < -0.3 is 15.5 Å². The lowest BCUT2D eigenvalue weighted by Crippen LogP contribution is -2.52. The largest absolute Gasteiger partial charge is 0.361 e. The number of nitrogens with zero attached hydrogens (tertiary/aromatic N) is 2. The Morgan fingerprint density at radius 3 is 2.19 bits per heavy atom. The zero-order valence-corrected chi connectivity index (χ0v) is 11.9. The molecule has 0 saturated carbocycles. The molecule has 2 aromatic rings. The van der Waals surface area contributed by atoms with E-state index in [-0.39, 0.29) is 12.1 Å². The summed E-state index contributed by atoms with van der Waals surface area (Å²) >= 11 is 0. The molecule has 0 aliphatic carbocycles. The fraction of sp³-hybridized carbons (Fsp3) is 0.235. The van der Waals surface area contributed by atoms with Gasteiger partial charge in [0.05, 0.1) is 6.04 Å². The Hall–Kier alpha value is -2.49. The first-order valence-corrected chi connectivity index (χ1v) is 7.17. The number of amides is 2. The van der Waals surface area contributed by atoms with Gasteiger partial charge in [-0.1, -0.05) is 48.5 Å². The maximum atomic E-state index is 11.5. The maximum Gasteiger partial charge on any atom is 0.314 e. The molecule has 2 N–H and O–H groups in total. The number of urea groups is 1. The summed E-state index contributed by atoms with van der Waals surface area (Å²) in [6.45, 7) is 2.06. The number of piperazine rings is 1. The lowest BCUT2D eigenvalue weighted by molar-refractivity contribution is 0.194. The molecule has 0 radical (unpaired) electrons. The van der Waals surface area contributed by atoms with Crippen molar-refractivity contribution in [1.29, 1.82) is 0 Å². The summed E-state index contributed by atoms with van der Waals surface area (Å²) in [4.78, 5) is 15.6. The van der Waals surface area contributed by atoms with Crippen LogP contribution in [0.3, 0.4) is 0 Å². The SMILES string of the molecule is NC(=O)N1CCN(c2ccccc2)C(c2ccccc2)C1. The van der Waals surface area contributed by atoms with Crippen molar-refractivity contribution < 1.29 is 4.79 Å². The van der Waals surface area contributed by atoms with Gasteiger partial charge in [-0.05, 0) is 17.7 Å². The number of hydrogen-bond donors (Lipinski definition) is 1. The van der Waals surface area contributed by atoms with Gasteiger partial charge in [0, 0.05) is 25.3 Å². The lowest BCUT2D eigenvalue weighted by Gasteiger charge is -2.42. The van der Waals surface area contributed by atoms with E-state index in [0.29, 0.717) is 13.1 Å². The summed E-state index contributed by atoms with van der Waals surface area (Å²) in [6.07, 6.45) is 0. The highest BCUT2D eigenvalue weighted by Gasteiger charge is 2.29. The monoisotopic (exact) mass is 281 g/mol. The molecule has 0 spiro atoms. The minimum atomic E-state index is -0.344. The highest BCUT2D eigenvalue weighted by Crippen LogP contribution is 2.30. The Balaban J connectivity index is 1.93. The first kappa shape index (κ1) is 13.5. The van der Waals surface area contributed by atoms with Crippen molar-refractivity contribution in [2.75, 3.05) is 24.5 Å². The van der Waals surface area contributed by atoms with Gasteiger partial charge in [-0.25, -0.2) is 4.79 Å². The van der Waals surface area contributed by atoms with Crippen LogP contribution in [0.25, 0.3) is 0 Å². The van der Waals surface area contributed by atoms with Gasteiger partial charge in [-0.2, -0.15) is 0 Å². The van der Waals surface area contributed by atoms with Gasteiger partial charge in [0.15, 0.2) is 0 Å². The van der Waals surface area contributed by atoms with Gasteiger partial charge in [0.2, 0.25) is 0 Å². The molecule has 0 bridgehead atoms. The summed E-state index contributed by atoms with van der Waals surface area (Å²) in [5.74, 6) is 0. The Morgan fingerprint density at radius 1 is 0.952 bits per heavy atom. The summed E-state index contributed by atoms with van der Waals surface area (Å²) in [6, 6.07) is 20.4. The number of anilines is 1. The van der Waals surface area contributed by atoms with Crippen molar-refractivity contribution in [3.63, 3.8) is 0 Å². The molecule has 2 amide bonds. The number of benzene rings is 2. The van der Waals surface area contributed by atoms with E-state index in [9.17, 15) is 4.79 Å². The van der Waals surface area contributed by atoms with Gasteiger partial charge in [0.25, 0.3) is 0 Å². The second-order valence-corrected chi connectivity index (χ2v) is 5.24. The van der Waals surface area contributed by atoms with E-state index < -0.39 is 0 Å². The first-order valence-electron chi connectivity index (χ1n) is 7.17. The molecule has 0 aromatic heterocycles. The molecule has 4 heteroatoms. The van der Waals surface area contributed by atoms with E-state index in [0.717, 1.165) is 6.54 Å². The topological polar surface area (TPSA) is 49.6 Å². The van der Waals surface area contributed by atoms with Crippen LogP contribution in [0, 0.1) is 0 Å². The summed E-state index contributed by atoms with van der Waals surface area (Å²) in [5, 5.41) is 0. The van der Waals surface area contributed by atoms with E-state index in [2.05, 4.69) is 29.2 Å². The number of para-hydroxylation sites is 1. The average molecular weight is 281 g/mol. The van der Waals surface area contributed by atoms with E-state index in [4.69, 9.17) is 5.73 Å². The molecule has 21 heavy (non-hydrogen) atoms. The Labute approximate surface area is 124 Å². The number of primary amides is 1. The van der Waals surface area contributed by atoms with Gasteiger partial charge in [-0.3, -0.25) is 0 Å². The highest BCUT2D eigenvalue weighted by molar-refractivity contribution is 5.72. The van der Waals surface area contributed by atoms with Crippen molar-refractivity contribution in [2.45, 2.75) is 6.04 Å². The standard InChI is InChI=1S/C17H19N3O/c18-17(21)19-11-12-20(15-9-5-2-6-10-15)16(13-19)14-7-3-1-4-8-14/h1-10,16H,11-13H2,(H2,18,21). The van der Waals surface area contributed by atoms with Crippen LogP contribution >= 0.6 is 0 Å². The summed E-state index contributed by atoms with van der Waals surface area (Å²) < 4.78 is 0. The van der Waals surface area contributed by atoms with E-state index in [1.807, 2.05) is 36.4 Å². The van der Waals surface area contributed by atoms with Crippen LogP contribution in [0.2, 0.25) is 0 Å². The van der Waals surface area contributed by atoms with E-state index in [1.165, 1.54) is 11.3 Å². The van der Waals surface area contributed by atoms with Crippen molar-refractivity contribution in [1.82, 2.24) is 4.90 Å². The van der Waals surface area contributed by atoms with Crippen molar-refractivity contribution in [2.24, 2.45) is 5.73 Å². The van der Waals surface area contributed by atoms with Crippen LogP contribution in [-0.4, -0.2) is 30.6 Å². The van der Waals surface area contributed by atoms with E-state index >= 15 is 0 Å². The van der Waals surface area contributed by atoms with Crippen LogP contribution < -0.4 is 10.6 Å². The molecule has 1 saturated heterocycles. The predicted molar refractivity (Wildman–Crippen MR) is 84.1 cm³/mol. The number of nitrogens with two attached hydrogens (primary N) is 1. The zero-order valence-electron chi connectivity index (χ0n) is 11.9. The highest BCUT2D eigenvalue weighted by atomic mass is 16.2.